The van der Waals surface area contributed by atoms with E-state index in [4.69, 9.17) is 4.42 Å². The standard InChI is InChI=1S/C22H15Br2N3O4/c23-15-10-14-11-16(22(30)31-20(14)17(24)12-15)21(29)25-8-9-27-19(28)7-6-18(26-27)13-4-2-1-3-5-13/h1-7,10-12H,8-9H2,(H,25,29). The Hall–Kier alpha value is -3.04. The Morgan fingerprint density at radius 2 is 1.81 bits per heavy atom. The number of hydrogen-bond acceptors (Lipinski definition) is 5. The predicted molar refractivity (Wildman–Crippen MR) is 124 cm³/mol. The SMILES string of the molecule is O=C(NCCn1nc(-c2ccccc2)ccc1=O)c1cc2cc(Br)cc(Br)c2oc1=O. The predicted octanol–water partition coefficient (Wildman–Crippen LogP) is 3.97. The summed E-state index contributed by atoms with van der Waals surface area (Å²) in [7, 11) is 0. The largest absolute Gasteiger partial charge is 0.421 e. The summed E-state index contributed by atoms with van der Waals surface area (Å²) in [6, 6.07) is 17.5. The van der Waals surface area contributed by atoms with E-state index < -0.39 is 11.5 Å². The smallest absolute Gasteiger partial charge is 0.349 e. The molecule has 0 aliphatic carbocycles. The molecule has 1 amide bonds. The highest BCUT2D eigenvalue weighted by Crippen LogP contribution is 2.28. The van der Waals surface area contributed by atoms with E-state index >= 15 is 0 Å². The van der Waals surface area contributed by atoms with Crippen LogP contribution in [0.2, 0.25) is 0 Å². The van der Waals surface area contributed by atoms with Crippen LogP contribution < -0.4 is 16.5 Å². The first-order valence-corrected chi connectivity index (χ1v) is 10.9. The second kappa shape index (κ2) is 8.99. The first kappa shape index (κ1) is 21.2. The molecule has 0 bridgehead atoms. The Labute approximate surface area is 193 Å². The van der Waals surface area contributed by atoms with Crippen molar-refractivity contribution in [2.45, 2.75) is 6.54 Å². The van der Waals surface area contributed by atoms with Gasteiger partial charge in [-0.2, -0.15) is 5.10 Å². The van der Waals surface area contributed by atoms with Crippen LogP contribution in [0.3, 0.4) is 0 Å². The average molecular weight is 545 g/mol. The van der Waals surface area contributed by atoms with E-state index in [1.54, 1.807) is 18.2 Å². The number of nitrogens with one attached hydrogen (secondary N) is 1. The molecule has 1 N–H and O–H groups in total. The molecule has 156 valence electrons. The highest BCUT2D eigenvalue weighted by Gasteiger charge is 2.15. The summed E-state index contributed by atoms with van der Waals surface area (Å²) in [5, 5.41) is 7.60. The Morgan fingerprint density at radius 1 is 1.03 bits per heavy atom. The number of rotatable bonds is 5. The molecule has 0 spiro atoms. The van der Waals surface area contributed by atoms with E-state index in [2.05, 4.69) is 42.3 Å². The fourth-order valence-corrected chi connectivity index (χ4v) is 4.40. The van der Waals surface area contributed by atoms with Crippen LogP contribution in [0, 0.1) is 0 Å². The van der Waals surface area contributed by atoms with Crippen molar-refractivity contribution in [3.63, 3.8) is 0 Å². The lowest BCUT2D eigenvalue weighted by molar-refractivity contribution is 0.0948. The van der Waals surface area contributed by atoms with Gasteiger partial charge in [-0.3, -0.25) is 9.59 Å². The van der Waals surface area contributed by atoms with Crippen LogP contribution in [0.25, 0.3) is 22.2 Å². The van der Waals surface area contributed by atoms with Crippen molar-refractivity contribution in [1.29, 1.82) is 0 Å². The summed E-state index contributed by atoms with van der Waals surface area (Å²) >= 11 is 6.71. The number of halogens is 2. The third kappa shape index (κ3) is 4.67. The second-order valence-corrected chi connectivity index (χ2v) is 8.43. The topological polar surface area (TPSA) is 94.2 Å². The Balaban J connectivity index is 1.51. The number of nitrogens with zero attached hydrogens (tertiary/aromatic N) is 2. The lowest BCUT2D eigenvalue weighted by Gasteiger charge is -2.09. The molecule has 0 aliphatic rings. The van der Waals surface area contributed by atoms with Crippen LogP contribution in [0.4, 0.5) is 0 Å². The molecule has 0 atom stereocenters. The molecular formula is C22H15Br2N3O4. The number of benzene rings is 2. The van der Waals surface area contributed by atoms with Crippen LogP contribution in [0.15, 0.2) is 83.6 Å². The summed E-state index contributed by atoms with van der Waals surface area (Å²) < 4.78 is 7.95. The minimum absolute atomic E-state index is 0.115. The second-order valence-electron chi connectivity index (χ2n) is 6.66. The number of hydrogen-bond donors (Lipinski definition) is 1. The molecule has 4 rings (SSSR count). The van der Waals surface area contributed by atoms with E-state index in [1.165, 1.54) is 16.8 Å². The lowest BCUT2D eigenvalue weighted by atomic mass is 10.1. The molecule has 31 heavy (non-hydrogen) atoms. The maximum atomic E-state index is 12.5. The van der Waals surface area contributed by atoms with Gasteiger partial charge in [0, 0.05) is 28.0 Å². The molecule has 2 aromatic heterocycles. The Bertz CT molecular complexity index is 1400. The van der Waals surface area contributed by atoms with E-state index in [1.807, 2.05) is 30.3 Å². The van der Waals surface area contributed by atoms with Crippen LogP contribution in [0.5, 0.6) is 0 Å². The van der Waals surface area contributed by atoms with Gasteiger partial charge in [0.2, 0.25) is 0 Å². The number of aromatic nitrogens is 2. The van der Waals surface area contributed by atoms with Gasteiger partial charge in [0.05, 0.1) is 16.7 Å². The maximum Gasteiger partial charge on any atom is 0.349 e. The molecule has 7 nitrogen and oxygen atoms in total. The van der Waals surface area contributed by atoms with Crippen LogP contribution in [-0.4, -0.2) is 22.2 Å². The minimum atomic E-state index is -0.741. The molecule has 0 unspecified atom stereocenters. The van der Waals surface area contributed by atoms with Crippen LogP contribution >= 0.6 is 31.9 Å². The zero-order valence-electron chi connectivity index (χ0n) is 16.0. The zero-order chi connectivity index (χ0) is 22.0. The van der Waals surface area contributed by atoms with E-state index in [-0.39, 0.29) is 24.2 Å². The highest BCUT2D eigenvalue weighted by atomic mass is 79.9. The third-order valence-electron chi connectivity index (χ3n) is 4.54. The van der Waals surface area contributed by atoms with E-state index in [9.17, 15) is 14.4 Å². The highest BCUT2D eigenvalue weighted by molar-refractivity contribution is 9.11. The van der Waals surface area contributed by atoms with Crippen molar-refractivity contribution in [2.75, 3.05) is 6.54 Å². The van der Waals surface area contributed by atoms with Crippen molar-refractivity contribution < 1.29 is 9.21 Å². The third-order valence-corrected chi connectivity index (χ3v) is 5.59. The van der Waals surface area contributed by atoms with Crippen molar-refractivity contribution in [2.24, 2.45) is 0 Å². The van der Waals surface area contributed by atoms with Crippen molar-refractivity contribution >= 4 is 48.7 Å². The summed E-state index contributed by atoms with van der Waals surface area (Å²) in [5.41, 5.74) is 0.751. The van der Waals surface area contributed by atoms with Gasteiger partial charge in [0.1, 0.15) is 5.56 Å². The van der Waals surface area contributed by atoms with E-state index in [0.717, 1.165) is 10.0 Å². The van der Waals surface area contributed by atoms with Gasteiger partial charge in [-0.25, -0.2) is 9.48 Å². The molecule has 0 saturated carbocycles. The Kier molecular flexibility index (Phi) is 6.15. The van der Waals surface area contributed by atoms with Crippen molar-refractivity contribution in [1.82, 2.24) is 15.1 Å². The van der Waals surface area contributed by atoms with Gasteiger partial charge in [-0.15, -0.1) is 0 Å². The van der Waals surface area contributed by atoms with Crippen molar-refractivity contribution in [3.05, 3.63) is 95.9 Å². The van der Waals surface area contributed by atoms with Gasteiger partial charge in [0.25, 0.3) is 11.5 Å². The summed E-state index contributed by atoms with van der Waals surface area (Å²) in [6.07, 6.45) is 0. The summed E-state index contributed by atoms with van der Waals surface area (Å²) in [6.45, 7) is 0.269. The molecule has 0 aliphatic heterocycles. The average Bonchev–Trinajstić information content (AvgIpc) is 2.75. The van der Waals surface area contributed by atoms with Gasteiger partial charge in [-0.1, -0.05) is 46.3 Å². The van der Waals surface area contributed by atoms with E-state index in [0.29, 0.717) is 21.1 Å². The number of carbonyl (C=O) groups is 1. The molecular weight excluding hydrogens is 530 g/mol. The molecule has 9 heteroatoms. The lowest BCUT2D eigenvalue weighted by Crippen LogP contribution is -2.33. The number of carbonyl (C=O) groups excluding carboxylic acids is 1. The minimum Gasteiger partial charge on any atom is -0.421 e. The monoisotopic (exact) mass is 543 g/mol. The quantitative estimate of drug-likeness (QED) is 0.384. The summed E-state index contributed by atoms with van der Waals surface area (Å²) in [4.78, 5) is 36.9. The molecule has 0 fully saturated rings. The first-order chi connectivity index (χ1) is 14.9. The van der Waals surface area contributed by atoms with Gasteiger partial charge >= 0.3 is 5.63 Å². The maximum absolute atomic E-state index is 12.5. The Morgan fingerprint density at radius 3 is 2.58 bits per heavy atom. The molecule has 0 saturated heterocycles. The number of fused-ring (bicyclic) bond motifs is 1. The normalized spacial score (nSPS) is 10.9. The summed E-state index contributed by atoms with van der Waals surface area (Å²) in [5.74, 6) is -0.584. The zero-order valence-corrected chi connectivity index (χ0v) is 19.1. The molecule has 4 aromatic rings. The molecule has 2 heterocycles. The van der Waals surface area contributed by atoms with Crippen LogP contribution in [-0.2, 0) is 6.54 Å². The van der Waals surface area contributed by atoms with Crippen molar-refractivity contribution in [3.8, 4) is 11.3 Å². The van der Waals surface area contributed by atoms with Gasteiger partial charge in [-0.05, 0) is 40.2 Å². The first-order valence-electron chi connectivity index (χ1n) is 9.27. The van der Waals surface area contributed by atoms with Crippen LogP contribution in [0.1, 0.15) is 10.4 Å². The number of amides is 1. The van der Waals surface area contributed by atoms with Gasteiger partial charge < -0.3 is 9.73 Å². The fourth-order valence-electron chi connectivity index (χ4n) is 3.06. The molecule has 2 aromatic carbocycles. The molecule has 0 radical (unpaired) electrons. The van der Waals surface area contributed by atoms with Gasteiger partial charge in [0.15, 0.2) is 5.58 Å². The fraction of sp³-hybridized carbons (Fsp3) is 0.0909.